The summed E-state index contributed by atoms with van der Waals surface area (Å²) < 4.78 is 4.56. The van der Waals surface area contributed by atoms with Crippen LogP contribution in [0.25, 0.3) is 0 Å². The molecule has 1 fully saturated rings. The van der Waals surface area contributed by atoms with Crippen LogP contribution in [0.2, 0.25) is 0 Å². The molecule has 1 saturated heterocycles. The first-order chi connectivity index (χ1) is 9.36. The van der Waals surface area contributed by atoms with Gasteiger partial charge in [-0.3, -0.25) is 4.79 Å². The number of methoxy groups -OCH3 is 1. The van der Waals surface area contributed by atoms with Crippen LogP contribution < -0.4 is 5.32 Å². The molecule has 9 heteroatoms. The van der Waals surface area contributed by atoms with Crippen molar-refractivity contribution in [2.75, 3.05) is 13.7 Å². The molecular formula is C11H16N2O7. The molecule has 0 aromatic rings. The van der Waals surface area contributed by atoms with Gasteiger partial charge in [0, 0.05) is 6.54 Å². The molecule has 1 aliphatic rings. The number of amides is 2. The van der Waals surface area contributed by atoms with Gasteiger partial charge < -0.3 is 25.2 Å². The van der Waals surface area contributed by atoms with Crippen LogP contribution >= 0.6 is 0 Å². The van der Waals surface area contributed by atoms with Gasteiger partial charge in [-0.15, -0.1) is 0 Å². The molecule has 2 atom stereocenters. The van der Waals surface area contributed by atoms with Crippen LogP contribution in [0.4, 0.5) is 4.79 Å². The van der Waals surface area contributed by atoms with E-state index in [1.165, 1.54) is 7.11 Å². The van der Waals surface area contributed by atoms with E-state index in [2.05, 4.69) is 10.1 Å². The SMILES string of the molecule is COC(=O)C1CCCN1C(=O)NC(CC(=O)O)C(=O)O. The third-order valence-electron chi connectivity index (χ3n) is 2.96. The van der Waals surface area contributed by atoms with Gasteiger partial charge in [-0.05, 0) is 12.8 Å². The van der Waals surface area contributed by atoms with Gasteiger partial charge in [-0.25, -0.2) is 14.4 Å². The second kappa shape index (κ2) is 6.73. The van der Waals surface area contributed by atoms with Gasteiger partial charge >= 0.3 is 23.9 Å². The normalized spacial score (nSPS) is 19.2. The maximum Gasteiger partial charge on any atom is 0.328 e. The lowest BCUT2D eigenvalue weighted by molar-refractivity contribution is -0.146. The second-order valence-electron chi connectivity index (χ2n) is 4.31. The summed E-state index contributed by atoms with van der Waals surface area (Å²) in [5.41, 5.74) is 0. The molecule has 9 nitrogen and oxygen atoms in total. The second-order valence-corrected chi connectivity index (χ2v) is 4.31. The van der Waals surface area contributed by atoms with Gasteiger partial charge in [-0.2, -0.15) is 0 Å². The first-order valence-corrected chi connectivity index (χ1v) is 5.96. The van der Waals surface area contributed by atoms with E-state index >= 15 is 0 Å². The molecule has 1 rings (SSSR count). The number of rotatable bonds is 5. The zero-order chi connectivity index (χ0) is 15.3. The lowest BCUT2D eigenvalue weighted by Gasteiger charge is -2.24. The van der Waals surface area contributed by atoms with Crippen LogP contribution in [-0.2, 0) is 19.1 Å². The van der Waals surface area contributed by atoms with E-state index in [1.54, 1.807) is 0 Å². The highest BCUT2D eigenvalue weighted by Crippen LogP contribution is 2.18. The number of hydrogen-bond acceptors (Lipinski definition) is 5. The average molecular weight is 288 g/mol. The first-order valence-electron chi connectivity index (χ1n) is 5.96. The van der Waals surface area contributed by atoms with Crippen molar-refractivity contribution in [2.45, 2.75) is 31.3 Å². The molecule has 0 bridgehead atoms. The molecular weight excluding hydrogens is 272 g/mol. The smallest absolute Gasteiger partial charge is 0.328 e. The molecule has 0 saturated carbocycles. The fourth-order valence-corrected chi connectivity index (χ4v) is 2.00. The minimum atomic E-state index is -1.54. The minimum Gasteiger partial charge on any atom is -0.481 e. The summed E-state index contributed by atoms with van der Waals surface area (Å²) in [7, 11) is 1.20. The van der Waals surface area contributed by atoms with Crippen LogP contribution in [0.15, 0.2) is 0 Å². The number of carbonyl (C=O) groups is 4. The lowest BCUT2D eigenvalue weighted by atomic mass is 10.2. The molecule has 20 heavy (non-hydrogen) atoms. The van der Waals surface area contributed by atoms with Crippen molar-refractivity contribution >= 4 is 23.9 Å². The highest BCUT2D eigenvalue weighted by atomic mass is 16.5. The van der Waals surface area contributed by atoms with Gasteiger partial charge in [0.1, 0.15) is 12.1 Å². The molecule has 1 aliphatic heterocycles. The number of nitrogens with zero attached hydrogens (tertiary/aromatic N) is 1. The number of carbonyl (C=O) groups excluding carboxylic acids is 2. The van der Waals surface area contributed by atoms with Crippen LogP contribution in [-0.4, -0.2) is 64.8 Å². The van der Waals surface area contributed by atoms with Crippen molar-refractivity contribution in [3.05, 3.63) is 0 Å². The monoisotopic (exact) mass is 288 g/mol. The summed E-state index contributed by atoms with van der Waals surface area (Å²) in [6.45, 7) is 0.283. The Labute approximate surface area is 114 Å². The quantitative estimate of drug-likeness (QED) is 0.567. The zero-order valence-electron chi connectivity index (χ0n) is 10.9. The number of esters is 1. The number of aliphatic carboxylic acids is 2. The lowest BCUT2D eigenvalue weighted by Crippen LogP contribution is -2.51. The summed E-state index contributed by atoms with van der Waals surface area (Å²) >= 11 is 0. The van der Waals surface area contributed by atoms with E-state index in [0.717, 1.165) is 4.90 Å². The van der Waals surface area contributed by atoms with E-state index in [1.807, 2.05) is 0 Å². The van der Waals surface area contributed by atoms with E-state index in [4.69, 9.17) is 10.2 Å². The van der Waals surface area contributed by atoms with E-state index in [9.17, 15) is 19.2 Å². The Balaban J connectivity index is 2.70. The standard InChI is InChI=1S/C11H16N2O7/c1-20-10(18)7-3-2-4-13(7)11(19)12-6(9(16)17)5-8(14)15/h6-7H,2-5H2,1H3,(H,12,19)(H,14,15)(H,16,17). The number of ether oxygens (including phenoxy) is 1. The van der Waals surface area contributed by atoms with Gasteiger partial charge in [0.15, 0.2) is 0 Å². The Hall–Kier alpha value is -2.32. The maximum absolute atomic E-state index is 11.9. The number of nitrogens with one attached hydrogen (secondary N) is 1. The molecule has 3 N–H and O–H groups in total. The third-order valence-corrected chi connectivity index (χ3v) is 2.96. The van der Waals surface area contributed by atoms with Gasteiger partial charge in [0.25, 0.3) is 0 Å². The van der Waals surface area contributed by atoms with Gasteiger partial charge in [0.2, 0.25) is 0 Å². The van der Waals surface area contributed by atoms with Gasteiger partial charge in [-0.1, -0.05) is 0 Å². The minimum absolute atomic E-state index is 0.283. The summed E-state index contributed by atoms with van der Waals surface area (Å²) in [6.07, 6.45) is 0.276. The predicted molar refractivity (Wildman–Crippen MR) is 64.0 cm³/mol. The number of carboxylic acids is 2. The highest BCUT2D eigenvalue weighted by molar-refractivity contribution is 5.88. The molecule has 2 unspecified atom stereocenters. The van der Waals surface area contributed by atoms with Crippen LogP contribution in [0.1, 0.15) is 19.3 Å². The molecule has 0 aromatic heterocycles. The average Bonchev–Trinajstić information content (AvgIpc) is 2.85. The maximum atomic E-state index is 11.9. The Morgan fingerprint density at radius 2 is 2.00 bits per heavy atom. The van der Waals surface area contributed by atoms with Crippen molar-refractivity contribution in [3.63, 3.8) is 0 Å². The zero-order valence-corrected chi connectivity index (χ0v) is 10.9. The molecule has 112 valence electrons. The van der Waals surface area contributed by atoms with E-state index in [-0.39, 0.29) is 6.54 Å². The number of urea groups is 1. The summed E-state index contributed by atoms with van der Waals surface area (Å²) in [5.74, 6) is -3.37. The van der Waals surface area contributed by atoms with Crippen molar-refractivity contribution in [3.8, 4) is 0 Å². The Morgan fingerprint density at radius 3 is 2.50 bits per heavy atom. The summed E-state index contributed by atoms with van der Waals surface area (Å²) in [6, 6.07) is -3.09. The molecule has 1 heterocycles. The molecule has 2 amide bonds. The summed E-state index contributed by atoms with van der Waals surface area (Å²) in [5, 5.41) is 19.5. The van der Waals surface area contributed by atoms with E-state index < -0.39 is 42.4 Å². The number of carboxylic acid groups (broad SMARTS) is 2. The van der Waals surface area contributed by atoms with Gasteiger partial charge in [0.05, 0.1) is 13.5 Å². The molecule has 0 aliphatic carbocycles. The number of likely N-dealkylation sites (tertiary alicyclic amines) is 1. The van der Waals surface area contributed by atoms with Crippen molar-refractivity contribution in [1.29, 1.82) is 0 Å². The topological polar surface area (TPSA) is 133 Å². The fourth-order valence-electron chi connectivity index (χ4n) is 2.00. The molecule has 0 aromatic carbocycles. The highest BCUT2D eigenvalue weighted by Gasteiger charge is 2.36. The Bertz CT molecular complexity index is 423. The van der Waals surface area contributed by atoms with Crippen molar-refractivity contribution in [2.24, 2.45) is 0 Å². The summed E-state index contributed by atoms with van der Waals surface area (Å²) in [4.78, 5) is 46.0. The van der Waals surface area contributed by atoms with Crippen LogP contribution in [0, 0.1) is 0 Å². The van der Waals surface area contributed by atoms with Crippen LogP contribution in [0.5, 0.6) is 0 Å². The predicted octanol–water partition coefficient (Wildman–Crippen LogP) is -0.739. The largest absolute Gasteiger partial charge is 0.481 e. The first kappa shape index (κ1) is 15.7. The Kier molecular flexibility index (Phi) is 5.30. The number of hydrogen-bond donors (Lipinski definition) is 3. The third kappa shape index (κ3) is 3.84. The van der Waals surface area contributed by atoms with Crippen molar-refractivity contribution in [1.82, 2.24) is 10.2 Å². The van der Waals surface area contributed by atoms with E-state index in [0.29, 0.717) is 12.8 Å². The molecule has 0 radical (unpaired) electrons. The van der Waals surface area contributed by atoms with Crippen molar-refractivity contribution < 1.29 is 34.1 Å². The van der Waals surface area contributed by atoms with Crippen LogP contribution in [0.3, 0.4) is 0 Å². The molecule has 0 spiro atoms. The fraction of sp³-hybridized carbons (Fsp3) is 0.636. The Morgan fingerprint density at radius 1 is 1.35 bits per heavy atom.